The first kappa shape index (κ1) is 13.9. The van der Waals surface area contributed by atoms with Gasteiger partial charge in [0.05, 0.1) is 20.4 Å². The summed E-state index contributed by atoms with van der Waals surface area (Å²) in [6.45, 7) is 0.399. The summed E-state index contributed by atoms with van der Waals surface area (Å²) in [5, 5.41) is 0. The number of benzene rings is 1. The lowest BCUT2D eigenvalue weighted by atomic mass is 10.2. The zero-order chi connectivity index (χ0) is 14.4. The van der Waals surface area contributed by atoms with Crippen LogP contribution >= 0.6 is 0 Å². The highest BCUT2D eigenvalue weighted by atomic mass is 16.5. The van der Waals surface area contributed by atoms with Crippen LogP contribution in [0.15, 0.2) is 42.6 Å². The molecular formula is C15H15NO4. The van der Waals surface area contributed by atoms with Gasteiger partial charge in [-0.3, -0.25) is 0 Å². The van der Waals surface area contributed by atoms with Crippen LogP contribution in [-0.4, -0.2) is 25.2 Å². The van der Waals surface area contributed by atoms with Crippen molar-refractivity contribution in [1.29, 1.82) is 0 Å². The molecule has 2 rings (SSSR count). The first-order chi connectivity index (χ1) is 9.74. The van der Waals surface area contributed by atoms with E-state index in [1.54, 1.807) is 0 Å². The van der Waals surface area contributed by atoms with Crippen LogP contribution in [0.2, 0.25) is 0 Å². The Morgan fingerprint density at radius 3 is 2.55 bits per heavy atom. The Morgan fingerprint density at radius 1 is 1.15 bits per heavy atom. The van der Waals surface area contributed by atoms with E-state index in [4.69, 9.17) is 9.47 Å². The molecule has 0 atom stereocenters. The first-order valence-corrected chi connectivity index (χ1v) is 6.03. The highest BCUT2D eigenvalue weighted by molar-refractivity contribution is 5.87. The fraction of sp³-hybridized carbons (Fsp3) is 0.200. The zero-order valence-electron chi connectivity index (χ0n) is 11.3. The van der Waals surface area contributed by atoms with Gasteiger partial charge in [-0.05, 0) is 5.56 Å². The van der Waals surface area contributed by atoms with Crippen molar-refractivity contribution in [1.82, 2.24) is 4.98 Å². The number of rotatable bonds is 5. The second kappa shape index (κ2) is 6.56. The van der Waals surface area contributed by atoms with E-state index < -0.39 is 5.97 Å². The number of hydrogen-bond donors (Lipinski definition) is 0. The summed E-state index contributed by atoms with van der Waals surface area (Å²) in [4.78, 5) is 15.4. The van der Waals surface area contributed by atoms with Crippen LogP contribution in [0.3, 0.4) is 0 Å². The number of hydrogen-bond acceptors (Lipinski definition) is 5. The van der Waals surface area contributed by atoms with Crippen molar-refractivity contribution >= 4 is 5.97 Å². The van der Waals surface area contributed by atoms with Crippen molar-refractivity contribution in [2.75, 3.05) is 14.2 Å². The van der Waals surface area contributed by atoms with E-state index in [-0.39, 0.29) is 5.69 Å². The molecule has 0 unspecified atom stereocenters. The lowest BCUT2D eigenvalue weighted by molar-refractivity contribution is 0.0593. The molecule has 5 nitrogen and oxygen atoms in total. The second-order valence-corrected chi connectivity index (χ2v) is 3.99. The topological polar surface area (TPSA) is 57.7 Å². The Kier molecular flexibility index (Phi) is 4.55. The van der Waals surface area contributed by atoms with Crippen LogP contribution in [0, 0.1) is 0 Å². The van der Waals surface area contributed by atoms with E-state index in [9.17, 15) is 4.79 Å². The maximum Gasteiger partial charge on any atom is 0.356 e. The van der Waals surface area contributed by atoms with E-state index in [0.29, 0.717) is 18.1 Å². The Labute approximate surface area is 117 Å². The molecule has 0 spiro atoms. The molecular weight excluding hydrogens is 258 g/mol. The Bertz CT molecular complexity index is 584. The van der Waals surface area contributed by atoms with Gasteiger partial charge in [0.1, 0.15) is 6.61 Å². The predicted octanol–water partition coefficient (Wildman–Crippen LogP) is 2.46. The van der Waals surface area contributed by atoms with Crippen molar-refractivity contribution in [3.8, 4) is 11.5 Å². The summed E-state index contributed by atoms with van der Waals surface area (Å²) >= 11 is 0. The standard InChI is InChI=1S/C15H15NO4/c1-18-13-8-12(15(17)19-2)16-9-14(13)20-10-11-6-4-3-5-7-11/h3-9H,10H2,1-2H3. The molecule has 0 radical (unpaired) electrons. The van der Waals surface area contributed by atoms with Crippen molar-refractivity contribution < 1.29 is 19.0 Å². The third-order valence-corrected chi connectivity index (χ3v) is 2.68. The number of pyridine rings is 1. The molecule has 104 valence electrons. The molecule has 0 aliphatic rings. The monoisotopic (exact) mass is 273 g/mol. The maximum absolute atomic E-state index is 11.4. The summed E-state index contributed by atoms with van der Waals surface area (Å²) < 4.78 is 15.4. The number of esters is 1. The minimum Gasteiger partial charge on any atom is -0.493 e. The summed E-state index contributed by atoms with van der Waals surface area (Å²) in [6, 6.07) is 11.2. The Balaban J connectivity index is 2.13. The highest BCUT2D eigenvalue weighted by Gasteiger charge is 2.13. The van der Waals surface area contributed by atoms with E-state index in [1.165, 1.54) is 26.5 Å². The van der Waals surface area contributed by atoms with Crippen molar-refractivity contribution in [3.63, 3.8) is 0 Å². The summed E-state index contributed by atoms with van der Waals surface area (Å²) in [5.41, 5.74) is 1.21. The zero-order valence-corrected chi connectivity index (χ0v) is 11.3. The van der Waals surface area contributed by atoms with Crippen LogP contribution in [0.5, 0.6) is 11.5 Å². The van der Waals surface area contributed by atoms with Gasteiger partial charge in [-0.25, -0.2) is 9.78 Å². The normalized spacial score (nSPS) is 9.90. The Hall–Kier alpha value is -2.56. The van der Waals surface area contributed by atoms with Gasteiger partial charge >= 0.3 is 5.97 Å². The molecule has 5 heteroatoms. The van der Waals surface area contributed by atoms with E-state index in [1.807, 2.05) is 30.3 Å². The SMILES string of the molecule is COC(=O)c1cc(OC)c(OCc2ccccc2)cn1. The van der Waals surface area contributed by atoms with Gasteiger partial charge in [-0.15, -0.1) is 0 Å². The fourth-order valence-corrected chi connectivity index (χ4v) is 1.64. The summed E-state index contributed by atoms with van der Waals surface area (Å²) in [7, 11) is 2.81. The van der Waals surface area contributed by atoms with Gasteiger partial charge in [-0.2, -0.15) is 0 Å². The molecule has 0 saturated carbocycles. The number of methoxy groups -OCH3 is 2. The molecule has 0 bridgehead atoms. The average Bonchev–Trinajstić information content (AvgIpc) is 2.53. The number of aromatic nitrogens is 1. The average molecular weight is 273 g/mol. The first-order valence-electron chi connectivity index (χ1n) is 6.03. The van der Waals surface area contributed by atoms with Gasteiger partial charge < -0.3 is 14.2 Å². The summed E-state index contributed by atoms with van der Waals surface area (Å²) in [6.07, 6.45) is 1.45. The lowest BCUT2D eigenvalue weighted by Crippen LogP contribution is -2.06. The lowest BCUT2D eigenvalue weighted by Gasteiger charge is -2.11. The molecule has 0 aliphatic heterocycles. The number of carbonyl (C=O) groups excluding carboxylic acids is 1. The molecule has 0 N–H and O–H groups in total. The van der Waals surface area contributed by atoms with Gasteiger partial charge in [0.25, 0.3) is 0 Å². The summed E-state index contributed by atoms with van der Waals surface area (Å²) in [5.74, 6) is 0.401. The van der Waals surface area contributed by atoms with Crippen molar-refractivity contribution in [2.24, 2.45) is 0 Å². The van der Waals surface area contributed by atoms with Gasteiger partial charge in [0.2, 0.25) is 0 Å². The quantitative estimate of drug-likeness (QED) is 0.783. The van der Waals surface area contributed by atoms with Crippen LogP contribution < -0.4 is 9.47 Å². The number of ether oxygens (including phenoxy) is 3. The van der Waals surface area contributed by atoms with E-state index >= 15 is 0 Å². The van der Waals surface area contributed by atoms with Crippen LogP contribution in [-0.2, 0) is 11.3 Å². The van der Waals surface area contributed by atoms with Crippen LogP contribution in [0.4, 0.5) is 0 Å². The van der Waals surface area contributed by atoms with Crippen molar-refractivity contribution in [2.45, 2.75) is 6.61 Å². The Morgan fingerprint density at radius 2 is 1.90 bits per heavy atom. The van der Waals surface area contributed by atoms with Crippen molar-refractivity contribution in [3.05, 3.63) is 53.9 Å². The molecule has 0 saturated heterocycles. The highest BCUT2D eigenvalue weighted by Crippen LogP contribution is 2.27. The number of nitrogens with zero attached hydrogens (tertiary/aromatic N) is 1. The second-order valence-electron chi connectivity index (χ2n) is 3.99. The largest absolute Gasteiger partial charge is 0.493 e. The molecule has 2 aromatic rings. The molecule has 20 heavy (non-hydrogen) atoms. The van der Waals surface area contributed by atoms with Crippen LogP contribution in [0.25, 0.3) is 0 Å². The molecule has 1 aromatic carbocycles. The fourth-order valence-electron chi connectivity index (χ4n) is 1.64. The molecule has 0 aliphatic carbocycles. The molecule has 1 heterocycles. The van der Waals surface area contributed by atoms with Gasteiger partial charge in [-0.1, -0.05) is 30.3 Å². The predicted molar refractivity (Wildman–Crippen MR) is 72.9 cm³/mol. The van der Waals surface area contributed by atoms with Gasteiger partial charge in [0.15, 0.2) is 17.2 Å². The number of carbonyl (C=O) groups is 1. The van der Waals surface area contributed by atoms with Crippen LogP contribution in [0.1, 0.15) is 16.1 Å². The molecule has 0 amide bonds. The third-order valence-electron chi connectivity index (χ3n) is 2.68. The maximum atomic E-state index is 11.4. The minimum atomic E-state index is -0.516. The van der Waals surface area contributed by atoms with E-state index in [0.717, 1.165) is 5.56 Å². The minimum absolute atomic E-state index is 0.177. The van der Waals surface area contributed by atoms with E-state index in [2.05, 4.69) is 9.72 Å². The third kappa shape index (κ3) is 3.26. The molecule has 1 aromatic heterocycles. The van der Waals surface area contributed by atoms with Gasteiger partial charge in [0, 0.05) is 6.07 Å². The smallest absolute Gasteiger partial charge is 0.356 e. The molecule has 0 fully saturated rings.